The molecule has 0 bridgehead atoms. The molecule has 0 radical (unpaired) electrons. The Morgan fingerprint density at radius 3 is 2.67 bits per heavy atom. The summed E-state index contributed by atoms with van der Waals surface area (Å²) in [5.74, 6) is -1.51. The van der Waals surface area contributed by atoms with E-state index < -0.39 is 35.5 Å². The summed E-state index contributed by atoms with van der Waals surface area (Å²) in [6, 6.07) is 4.30. The topological polar surface area (TPSA) is 65.0 Å². The zero-order valence-electron chi connectivity index (χ0n) is 14.5. The lowest BCUT2D eigenvalue weighted by molar-refractivity contribution is -0.187. The highest BCUT2D eigenvalue weighted by Gasteiger charge is 2.48. The predicted molar refractivity (Wildman–Crippen MR) is 90.6 cm³/mol. The van der Waals surface area contributed by atoms with Crippen molar-refractivity contribution in [1.82, 2.24) is 0 Å². The maximum atomic E-state index is 13.2. The minimum absolute atomic E-state index is 0.103. The number of carboxylic acid groups (broad SMARTS) is 1. The van der Waals surface area contributed by atoms with Gasteiger partial charge < -0.3 is 19.3 Å². The molecule has 1 aliphatic carbocycles. The summed E-state index contributed by atoms with van der Waals surface area (Å²) in [6.45, 7) is 1.81. The van der Waals surface area contributed by atoms with Crippen LogP contribution in [0.1, 0.15) is 12.5 Å². The number of hydrogen-bond acceptors (Lipinski definition) is 4. The van der Waals surface area contributed by atoms with E-state index in [2.05, 4.69) is 0 Å². The Hall–Kier alpha value is -2.74. The fraction of sp³-hybridized carbons (Fsp3) is 0.316. The molecule has 1 N–H and O–H groups in total. The van der Waals surface area contributed by atoms with Gasteiger partial charge in [0.2, 0.25) is 6.10 Å². The Bertz CT molecular complexity index is 840. The summed E-state index contributed by atoms with van der Waals surface area (Å²) in [4.78, 5) is 11.2. The molecule has 2 aliphatic rings. The molecule has 3 rings (SSSR count). The second kappa shape index (κ2) is 6.77. The van der Waals surface area contributed by atoms with Crippen molar-refractivity contribution in [3.05, 3.63) is 53.6 Å². The van der Waals surface area contributed by atoms with Crippen molar-refractivity contribution in [2.24, 2.45) is 0 Å². The van der Waals surface area contributed by atoms with E-state index in [0.29, 0.717) is 0 Å². The molecule has 8 heteroatoms. The SMILES string of the molecule is COC1(C)C=CC=CC1Oc1ccc2c(c1)OC(C(F)(F)F)C(C(=O)O)=C2. The highest BCUT2D eigenvalue weighted by atomic mass is 19.4. The molecule has 144 valence electrons. The van der Waals surface area contributed by atoms with Gasteiger partial charge in [-0.2, -0.15) is 13.2 Å². The molecule has 1 aliphatic heterocycles. The van der Waals surface area contributed by atoms with Gasteiger partial charge in [-0.15, -0.1) is 0 Å². The van der Waals surface area contributed by atoms with Crippen LogP contribution in [0.4, 0.5) is 13.2 Å². The third-order valence-corrected chi connectivity index (χ3v) is 4.46. The van der Waals surface area contributed by atoms with E-state index in [4.69, 9.17) is 19.3 Å². The second-order valence-corrected chi connectivity index (χ2v) is 6.31. The lowest BCUT2D eigenvalue weighted by Crippen LogP contribution is -2.43. The molecule has 5 nitrogen and oxygen atoms in total. The first-order chi connectivity index (χ1) is 12.6. The van der Waals surface area contributed by atoms with Crippen LogP contribution in [0.25, 0.3) is 6.08 Å². The number of methoxy groups -OCH3 is 1. The highest BCUT2D eigenvalue weighted by Crippen LogP contribution is 2.39. The van der Waals surface area contributed by atoms with Crippen molar-refractivity contribution >= 4 is 12.0 Å². The molecule has 0 aromatic heterocycles. The van der Waals surface area contributed by atoms with Crippen LogP contribution in [-0.2, 0) is 9.53 Å². The second-order valence-electron chi connectivity index (χ2n) is 6.31. The summed E-state index contributed by atoms with van der Waals surface area (Å²) in [7, 11) is 1.53. The average molecular weight is 382 g/mol. The molecule has 0 saturated heterocycles. The number of alkyl halides is 3. The maximum Gasteiger partial charge on any atom is 0.430 e. The predicted octanol–water partition coefficient (Wildman–Crippen LogP) is 3.76. The fourth-order valence-corrected chi connectivity index (χ4v) is 2.84. The van der Waals surface area contributed by atoms with Crippen LogP contribution in [0.2, 0.25) is 0 Å². The monoisotopic (exact) mass is 382 g/mol. The van der Waals surface area contributed by atoms with Gasteiger partial charge in [-0.1, -0.05) is 12.2 Å². The number of carbonyl (C=O) groups is 1. The van der Waals surface area contributed by atoms with Crippen LogP contribution >= 0.6 is 0 Å². The van der Waals surface area contributed by atoms with Crippen LogP contribution in [0, 0.1) is 0 Å². The first-order valence-corrected chi connectivity index (χ1v) is 8.04. The van der Waals surface area contributed by atoms with Crippen molar-refractivity contribution in [1.29, 1.82) is 0 Å². The van der Waals surface area contributed by atoms with Crippen molar-refractivity contribution in [2.75, 3.05) is 7.11 Å². The van der Waals surface area contributed by atoms with Gasteiger partial charge in [0.05, 0.1) is 5.57 Å². The minimum Gasteiger partial charge on any atom is -0.483 e. The smallest absolute Gasteiger partial charge is 0.430 e. The van der Waals surface area contributed by atoms with Gasteiger partial charge in [-0.3, -0.25) is 0 Å². The Labute approximate surface area is 153 Å². The van der Waals surface area contributed by atoms with Crippen LogP contribution in [0.5, 0.6) is 11.5 Å². The highest BCUT2D eigenvalue weighted by molar-refractivity contribution is 5.95. The quantitative estimate of drug-likeness (QED) is 0.859. The van der Waals surface area contributed by atoms with Crippen molar-refractivity contribution < 1.29 is 37.3 Å². The molecule has 3 unspecified atom stereocenters. The normalized spacial score (nSPS) is 26.8. The van der Waals surface area contributed by atoms with E-state index in [9.17, 15) is 18.0 Å². The van der Waals surface area contributed by atoms with E-state index >= 15 is 0 Å². The standard InChI is InChI=1S/C19H17F3O5/c1-18(25-2)8-4-3-5-15(18)26-12-7-6-11-9-13(17(23)24)16(19(20,21)22)27-14(11)10-12/h3-10,15-16H,1-2H3,(H,23,24). The molecule has 0 saturated carbocycles. The van der Waals surface area contributed by atoms with Crippen molar-refractivity contribution in [3.63, 3.8) is 0 Å². The van der Waals surface area contributed by atoms with Crippen LogP contribution in [0.3, 0.4) is 0 Å². The van der Waals surface area contributed by atoms with Crippen LogP contribution in [-0.4, -0.2) is 42.2 Å². The molecule has 27 heavy (non-hydrogen) atoms. The Morgan fingerprint density at radius 1 is 1.30 bits per heavy atom. The van der Waals surface area contributed by atoms with E-state index in [1.165, 1.54) is 25.3 Å². The molecule has 0 spiro atoms. The number of benzene rings is 1. The molecule has 1 heterocycles. The summed E-state index contributed by atoms with van der Waals surface area (Å²) in [6.07, 6.45) is 0.236. The lowest BCUT2D eigenvalue weighted by atomic mass is 9.94. The van der Waals surface area contributed by atoms with Gasteiger partial charge >= 0.3 is 12.1 Å². The van der Waals surface area contributed by atoms with Gasteiger partial charge in [-0.25, -0.2) is 4.79 Å². The third kappa shape index (κ3) is 3.71. The largest absolute Gasteiger partial charge is 0.483 e. The number of carboxylic acids is 1. The first kappa shape index (κ1) is 19.0. The number of rotatable bonds is 4. The van der Waals surface area contributed by atoms with E-state index in [-0.39, 0.29) is 17.1 Å². The average Bonchev–Trinajstić information content (AvgIpc) is 2.61. The molecular weight excluding hydrogens is 365 g/mol. The van der Waals surface area contributed by atoms with Gasteiger partial charge in [0, 0.05) is 18.7 Å². The zero-order chi connectivity index (χ0) is 19.8. The summed E-state index contributed by atoms with van der Waals surface area (Å²) in [5, 5.41) is 9.05. The summed E-state index contributed by atoms with van der Waals surface area (Å²) < 4.78 is 55.8. The van der Waals surface area contributed by atoms with Gasteiger partial charge in [0.25, 0.3) is 0 Å². The maximum absolute atomic E-state index is 13.2. The molecule has 1 aromatic carbocycles. The lowest BCUT2D eigenvalue weighted by Gasteiger charge is -2.34. The Morgan fingerprint density at radius 2 is 2.04 bits per heavy atom. The van der Waals surface area contributed by atoms with E-state index in [1.807, 2.05) is 19.1 Å². The Balaban J connectivity index is 1.91. The van der Waals surface area contributed by atoms with E-state index in [1.54, 1.807) is 12.2 Å². The van der Waals surface area contributed by atoms with Gasteiger partial charge in [0.1, 0.15) is 23.2 Å². The molecule has 1 aromatic rings. The molecular formula is C19H17F3O5. The zero-order valence-corrected chi connectivity index (χ0v) is 14.5. The van der Waals surface area contributed by atoms with Crippen LogP contribution < -0.4 is 9.47 Å². The number of allylic oxidation sites excluding steroid dienone is 2. The molecule has 3 atom stereocenters. The fourth-order valence-electron chi connectivity index (χ4n) is 2.84. The van der Waals surface area contributed by atoms with Crippen molar-refractivity contribution in [2.45, 2.75) is 30.9 Å². The molecule has 0 amide bonds. The number of hydrogen-bond donors (Lipinski definition) is 1. The molecule has 0 fully saturated rings. The third-order valence-electron chi connectivity index (χ3n) is 4.46. The number of fused-ring (bicyclic) bond motifs is 1. The number of ether oxygens (including phenoxy) is 3. The number of aliphatic carboxylic acids is 1. The van der Waals surface area contributed by atoms with Crippen LogP contribution in [0.15, 0.2) is 48.1 Å². The minimum atomic E-state index is -4.86. The van der Waals surface area contributed by atoms with Gasteiger partial charge in [0.15, 0.2) is 0 Å². The Kier molecular flexibility index (Phi) is 4.77. The van der Waals surface area contributed by atoms with Crippen molar-refractivity contribution in [3.8, 4) is 11.5 Å². The number of halogens is 3. The summed E-state index contributed by atoms with van der Waals surface area (Å²) >= 11 is 0. The summed E-state index contributed by atoms with van der Waals surface area (Å²) in [5.41, 5.74) is -1.37. The van der Waals surface area contributed by atoms with E-state index in [0.717, 1.165) is 6.08 Å². The first-order valence-electron chi connectivity index (χ1n) is 8.04. The van der Waals surface area contributed by atoms with Gasteiger partial charge in [-0.05, 0) is 37.3 Å².